The minimum absolute atomic E-state index is 0.0431. The monoisotopic (exact) mass is 224 g/mol. The van der Waals surface area contributed by atoms with E-state index in [4.69, 9.17) is 0 Å². The zero-order valence-corrected chi connectivity index (χ0v) is 10.2. The summed E-state index contributed by atoms with van der Waals surface area (Å²) < 4.78 is 1.92. The van der Waals surface area contributed by atoms with Gasteiger partial charge in [-0.05, 0) is 13.3 Å². The van der Waals surface area contributed by atoms with E-state index in [1.54, 1.807) is 13.2 Å². The number of nitrogens with zero attached hydrogens (tertiary/aromatic N) is 2. The van der Waals surface area contributed by atoms with Crippen molar-refractivity contribution in [1.29, 1.82) is 0 Å². The second-order valence-corrected chi connectivity index (χ2v) is 3.86. The van der Waals surface area contributed by atoms with Gasteiger partial charge in [-0.1, -0.05) is 6.92 Å². The van der Waals surface area contributed by atoms with E-state index in [0.29, 0.717) is 6.42 Å². The lowest BCUT2D eigenvalue weighted by Gasteiger charge is -2.15. The summed E-state index contributed by atoms with van der Waals surface area (Å²) in [5.74, 6) is 1.01. The highest BCUT2D eigenvalue weighted by Gasteiger charge is 2.09. The molecule has 1 heterocycles. The average molecular weight is 224 g/mol. The summed E-state index contributed by atoms with van der Waals surface area (Å²) in [5.41, 5.74) is 0. The number of rotatable bonds is 6. The lowest BCUT2D eigenvalue weighted by atomic mass is 10.2. The molecule has 0 aliphatic carbocycles. The summed E-state index contributed by atoms with van der Waals surface area (Å²) in [6.07, 6.45) is 3.28. The van der Waals surface area contributed by atoms with Crippen LogP contribution in [0.1, 0.15) is 26.7 Å². The van der Waals surface area contributed by atoms with Gasteiger partial charge < -0.3 is 10.6 Å². The van der Waals surface area contributed by atoms with Gasteiger partial charge in [-0.3, -0.25) is 4.79 Å². The Morgan fingerprint density at radius 1 is 1.62 bits per heavy atom. The summed E-state index contributed by atoms with van der Waals surface area (Å²) in [7, 11) is 1.65. The zero-order chi connectivity index (χ0) is 12.0. The highest BCUT2D eigenvalue weighted by molar-refractivity contribution is 5.76. The minimum atomic E-state index is 0.0431. The first-order chi connectivity index (χ1) is 7.67. The molecule has 0 aromatic carbocycles. The molecule has 0 aliphatic rings. The van der Waals surface area contributed by atoms with Crippen LogP contribution in [0.25, 0.3) is 0 Å². The molecule has 1 aromatic heterocycles. The van der Waals surface area contributed by atoms with Gasteiger partial charge in [-0.25, -0.2) is 4.68 Å². The van der Waals surface area contributed by atoms with Gasteiger partial charge in [0.15, 0.2) is 0 Å². The van der Waals surface area contributed by atoms with Crippen LogP contribution in [0.2, 0.25) is 0 Å². The Morgan fingerprint density at radius 2 is 2.38 bits per heavy atom. The molecule has 2 N–H and O–H groups in total. The number of amides is 1. The number of hydrogen-bond acceptors (Lipinski definition) is 3. The number of nitrogens with one attached hydrogen (secondary N) is 2. The fourth-order valence-corrected chi connectivity index (χ4v) is 1.53. The van der Waals surface area contributed by atoms with Crippen LogP contribution in [-0.2, 0) is 11.3 Å². The molecule has 0 fully saturated rings. The van der Waals surface area contributed by atoms with Crippen molar-refractivity contribution in [1.82, 2.24) is 15.1 Å². The van der Waals surface area contributed by atoms with Crippen molar-refractivity contribution in [3.8, 4) is 0 Å². The lowest BCUT2D eigenvalue weighted by molar-refractivity contribution is -0.120. The number of carbonyl (C=O) groups excluding carboxylic acids is 1. The van der Waals surface area contributed by atoms with Crippen LogP contribution in [0.15, 0.2) is 12.3 Å². The normalized spacial score (nSPS) is 12.2. The molecule has 1 rings (SSSR count). The molecule has 0 spiro atoms. The van der Waals surface area contributed by atoms with Crippen molar-refractivity contribution >= 4 is 11.7 Å². The van der Waals surface area contributed by atoms with Crippen molar-refractivity contribution < 1.29 is 4.79 Å². The quantitative estimate of drug-likeness (QED) is 0.764. The number of hydrogen-bond donors (Lipinski definition) is 2. The molecule has 5 nitrogen and oxygen atoms in total. The van der Waals surface area contributed by atoms with E-state index in [2.05, 4.69) is 22.7 Å². The molecule has 90 valence electrons. The first kappa shape index (κ1) is 12.5. The van der Waals surface area contributed by atoms with E-state index in [-0.39, 0.29) is 11.9 Å². The second-order valence-electron chi connectivity index (χ2n) is 3.86. The van der Waals surface area contributed by atoms with Crippen LogP contribution in [0.4, 0.5) is 5.82 Å². The van der Waals surface area contributed by atoms with Gasteiger partial charge in [-0.2, -0.15) is 5.10 Å². The standard InChI is InChI=1S/C11H20N4O/c1-4-7-15-10(5-6-13-15)14-9(2)8-11(16)12-3/h5-6,9,14H,4,7-8H2,1-3H3,(H,12,16). The van der Waals surface area contributed by atoms with E-state index in [0.717, 1.165) is 18.8 Å². The Hall–Kier alpha value is -1.52. The van der Waals surface area contributed by atoms with Crippen LogP contribution in [0.5, 0.6) is 0 Å². The smallest absolute Gasteiger partial charge is 0.221 e. The second kappa shape index (κ2) is 6.15. The zero-order valence-electron chi connectivity index (χ0n) is 10.2. The number of carbonyl (C=O) groups is 1. The van der Waals surface area contributed by atoms with E-state index in [1.165, 1.54) is 0 Å². The molecular weight excluding hydrogens is 204 g/mol. The van der Waals surface area contributed by atoms with Crippen LogP contribution < -0.4 is 10.6 Å². The maximum Gasteiger partial charge on any atom is 0.221 e. The maximum atomic E-state index is 11.2. The summed E-state index contributed by atoms with van der Waals surface area (Å²) >= 11 is 0. The SMILES string of the molecule is CCCn1nccc1NC(C)CC(=O)NC. The summed E-state index contributed by atoms with van der Waals surface area (Å²) in [5, 5.41) is 10.1. The van der Waals surface area contributed by atoms with Gasteiger partial charge in [0.25, 0.3) is 0 Å². The van der Waals surface area contributed by atoms with E-state index in [9.17, 15) is 4.79 Å². The predicted octanol–water partition coefficient (Wildman–Crippen LogP) is 1.23. The third kappa shape index (κ3) is 3.56. The van der Waals surface area contributed by atoms with Crippen molar-refractivity contribution in [3.63, 3.8) is 0 Å². The first-order valence-electron chi connectivity index (χ1n) is 5.66. The lowest BCUT2D eigenvalue weighted by Crippen LogP contribution is -2.27. The van der Waals surface area contributed by atoms with Gasteiger partial charge in [-0.15, -0.1) is 0 Å². The van der Waals surface area contributed by atoms with Gasteiger partial charge >= 0.3 is 0 Å². The first-order valence-corrected chi connectivity index (χ1v) is 5.66. The topological polar surface area (TPSA) is 59.0 Å². The van der Waals surface area contributed by atoms with E-state index >= 15 is 0 Å². The Labute approximate surface area is 96.2 Å². The van der Waals surface area contributed by atoms with Crippen molar-refractivity contribution in [2.24, 2.45) is 0 Å². The van der Waals surface area contributed by atoms with Crippen molar-refractivity contribution in [3.05, 3.63) is 12.3 Å². The molecule has 1 aromatic rings. The summed E-state index contributed by atoms with van der Waals surface area (Å²) in [6, 6.07) is 2.03. The summed E-state index contributed by atoms with van der Waals surface area (Å²) in [6.45, 7) is 4.99. The van der Waals surface area contributed by atoms with Crippen molar-refractivity contribution in [2.75, 3.05) is 12.4 Å². The number of anilines is 1. The number of aryl methyl sites for hydroxylation is 1. The Morgan fingerprint density at radius 3 is 3.00 bits per heavy atom. The van der Waals surface area contributed by atoms with E-state index in [1.807, 2.05) is 17.7 Å². The Kier molecular flexibility index (Phi) is 4.82. The number of aromatic nitrogens is 2. The Bertz CT molecular complexity index is 334. The molecule has 1 atom stereocenters. The molecule has 0 aliphatic heterocycles. The summed E-state index contributed by atoms with van der Waals surface area (Å²) in [4.78, 5) is 11.2. The van der Waals surface area contributed by atoms with Crippen LogP contribution in [0.3, 0.4) is 0 Å². The van der Waals surface area contributed by atoms with Gasteiger partial charge in [0, 0.05) is 32.1 Å². The predicted molar refractivity (Wildman–Crippen MR) is 64.3 cm³/mol. The van der Waals surface area contributed by atoms with Gasteiger partial charge in [0.1, 0.15) is 5.82 Å². The largest absolute Gasteiger partial charge is 0.367 e. The highest BCUT2D eigenvalue weighted by Crippen LogP contribution is 2.09. The molecule has 5 heteroatoms. The third-order valence-corrected chi connectivity index (χ3v) is 2.32. The van der Waals surface area contributed by atoms with Crippen molar-refractivity contribution in [2.45, 2.75) is 39.3 Å². The molecule has 0 radical (unpaired) electrons. The third-order valence-electron chi connectivity index (χ3n) is 2.32. The van der Waals surface area contributed by atoms with Gasteiger partial charge in [0.05, 0.1) is 6.20 Å². The molecule has 0 bridgehead atoms. The fraction of sp³-hybridized carbons (Fsp3) is 0.636. The molecule has 1 unspecified atom stereocenters. The van der Waals surface area contributed by atoms with Crippen LogP contribution >= 0.6 is 0 Å². The molecule has 16 heavy (non-hydrogen) atoms. The molecular formula is C11H20N4O. The Balaban J connectivity index is 2.51. The molecule has 0 saturated carbocycles. The minimum Gasteiger partial charge on any atom is -0.367 e. The fourth-order valence-electron chi connectivity index (χ4n) is 1.53. The van der Waals surface area contributed by atoms with Gasteiger partial charge in [0.2, 0.25) is 5.91 Å². The average Bonchev–Trinajstić information content (AvgIpc) is 2.66. The van der Waals surface area contributed by atoms with Crippen LogP contribution in [-0.4, -0.2) is 28.8 Å². The maximum absolute atomic E-state index is 11.2. The molecule has 0 saturated heterocycles. The van der Waals surface area contributed by atoms with Crippen LogP contribution in [0, 0.1) is 0 Å². The highest BCUT2D eigenvalue weighted by atomic mass is 16.1. The van der Waals surface area contributed by atoms with E-state index < -0.39 is 0 Å². The molecule has 1 amide bonds.